The number of fused-ring (bicyclic) bond motifs is 2. The maximum atomic E-state index is 14.3. The first kappa shape index (κ1) is 35.7. The van der Waals surface area contributed by atoms with Gasteiger partial charge in [-0.1, -0.05) is 5.16 Å². The number of carbonyl (C=O) groups excluding carboxylic acids is 5. The van der Waals surface area contributed by atoms with Crippen LogP contribution in [0.25, 0.3) is 0 Å². The first-order valence-electron chi connectivity index (χ1n) is 17.0. The summed E-state index contributed by atoms with van der Waals surface area (Å²) in [6.45, 7) is 4.86. The van der Waals surface area contributed by atoms with E-state index >= 15 is 0 Å². The Hall–Kier alpha value is -3.65. The van der Waals surface area contributed by atoms with Gasteiger partial charge in [0.15, 0.2) is 10.8 Å². The molecule has 4 atom stereocenters. The molecule has 6 aliphatic heterocycles. The zero-order chi connectivity index (χ0) is 36.2. The summed E-state index contributed by atoms with van der Waals surface area (Å²) < 4.78 is 1.44. The zero-order valence-electron chi connectivity index (χ0n) is 28.7. The van der Waals surface area contributed by atoms with Crippen molar-refractivity contribution in [2.45, 2.75) is 48.5 Å². The average Bonchev–Trinajstić information content (AvgIpc) is 3.85. The number of nitrogens with one attached hydrogen (secondary N) is 2. The maximum Gasteiger partial charge on any atom is 0.276 e. The second-order valence-corrected chi connectivity index (χ2v) is 17.6. The molecule has 0 spiro atoms. The molecule has 4 amide bonds. The van der Waals surface area contributed by atoms with Crippen LogP contribution in [-0.2, 0) is 28.8 Å². The molecular formula is C32H42N9O7S3+. The van der Waals surface area contributed by atoms with Crippen molar-refractivity contribution in [1.82, 2.24) is 25.4 Å². The number of nitrogens with two attached hydrogens (primary N) is 1. The number of quaternary nitrogens is 2. The lowest BCUT2D eigenvalue weighted by atomic mass is 9.99. The number of carboxylic acid groups (broad SMARTS) is 1. The van der Waals surface area contributed by atoms with Crippen molar-refractivity contribution < 1.29 is 42.9 Å². The summed E-state index contributed by atoms with van der Waals surface area (Å²) in [4.78, 5) is 79.1. The number of likely N-dealkylation sites (tertiary alicyclic amines) is 2. The van der Waals surface area contributed by atoms with Gasteiger partial charge in [0, 0.05) is 53.7 Å². The number of nitrogen functional groups attached to an aromatic ring is 1. The Morgan fingerprint density at radius 2 is 1.43 bits per heavy atom. The molecule has 19 heteroatoms. The fourth-order valence-electron chi connectivity index (χ4n) is 8.16. The van der Waals surface area contributed by atoms with Crippen LogP contribution in [0.1, 0.15) is 31.4 Å². The molecule has 0 bridgehead atoms. The number of β-lactam (4-membered cyclic amide) rings is 2. The van der Waals surface area contributed by atoms with Crippen LogP contribution in [0.5, 0.6) is 0 Å². The van der Waals surface area contributed by atoms with E-state index in [-0.39, 0.29) is 27.9 Å². The number of carbonyl (C=O) groups is 5. The molecule has 0 unspecified atom stereocenters. The predicted octanol–water partition coefficient (Wildman–Crippen LogP) is -1.39. The molecule has 6 aliphatic rings. The normalized spacial score (nSPS) is 28.2. The second-order valence-electron chi connectivity index (χ2n) is 14.5. The molecule has 0 saturated carbocycles. The number of thiazole rings is 1. The third-order valence-electron chi connectivity index (χ3n) is 10.7. The van der Waals surface area contributed by atoms with E-state index in [2.05, 4.69) is 34.9 Å². The molecule has 274 valence electrons. The molecule has 1 aromatic heterocycles. The molecule has 7 heterocycles. The van der Waals surface area contributed by atoms with Gasteiger partial charge in [0.25, 0.3) is 23.6 Å². The second kappa shape index (κ2) is 13.7. The topological polar surface area (TPSA) is 199 Å². The van der Waals surface area contributed by atoms with Gasteiger partial charge in [-0.15, -0.1) is 34.9 Å². The highest BCUT2D eigenvalue weighted by Gasteiger charge is 2.57. The Balaban J connectivity index is 1.11. The van der Waals surface area contributed by atoms with Crippen molar-refractivity contribution >= 4 is 75.3 Å². The molecule has 4 fully saturated rings. The van der Waals surface area contributed by atoms with Gasteiger partial charge in [-0.25, -0.2) is 4.98 Å². The van der Waals surface area contributed by atoms with Crippen molar-refractivity contribution in [2.75, 3.05) is 77.7 Å². The van der Waals surface area contributed by atoms with Crippen LogP contribution in [0, 0.1) is 0 Å². The maximum absolute atomic E-state index is 14.3. The first-order valence-corrected chi connectivity index (χ1v) is 20.0. The summed E-state index contributed by atoms with van der Waals surface area (Å²) in [5, 5.41) is 22.4. The van der Waals surface area contributed by atoms with Gasteiger partial charge in [-0.05, 0) is 0 Å². The van der Waals surface area contributed by atoms with E-state index < -0.39 is 52.4 Å². The summed E-state index contributed by atoms with van der Waals surface area (Å²) in [7, 11) is 5.53. The van der Waals surface area contributed by atoms with E-state index in [0.29, 0.717) is 30.2 Å². The van der Waals surface area contributed by atoms with Crippen molar-refractivity contribution in [3.8, 4) is 0 Å². The summed E-state index contributed by atoms with van der Waals surface area (Å²) in [5.74, 6) is -2.78. The van der Waals surface area contributed by atoms with Crippen molar-refractivity contribution in [1.29, 1.82) is 0 Å². The minimum atomic E-state index is -1.39. The number of thioether (sulfide) groups is 2. The number of hydrogen-bond donors (Lipinski definition) is 3. The molecule has 51 heavy (non-hydrogen) atoms. The number of nitrogens with zero attached hydrogens (tertiary/aromatic N) is 6. The number of hydrogen-bond acceptors (Lipinski definition) is 13. The number of oxime groups is 1. The highest BCUT2D eigenvalue weighted by Crippen LogP contribution is 2.44. The first-order chi connectivity index (χ1) is 24.3. The number of anilines is 1. The van der Waals surface area contributed by atoms with Crippen LogP contribution in [0.4, 0.5) is 5.13 Å². The van der Waals surface area contributed by atoms with Gasteiger partial charge in [0.05, 0.1) is 51.9 Å². The van der Waals surface area contributed by atoms with E-state index in [4.69, 9.17) is 10.6 Å². The summed E-state index contributed by atoms with van der Waals surface area (Å²) >= 11 is 4.01. The number of amides is 4. The van der Waals surface area contributed by atoms with Gasteiger partial charge in [0.1, 0.15) is 54.4 Å². The van der Waals surface area contributed by atoms with E-state index in [1.807, 2.05) is 0 Å². The summed E-state index contributed by atoms with van der Waals surface area (Å²) in [6, 6.07) is -1.93. The van der Waals surface area contributed by atoms with E-state index in [0.717, 1.165) is 77.7 Å². The Labute approximate surface area is 307 Å². The van der Waals surface area contributed by atoms with Gasteiger partial charge < -0.3 is 40.1 Å². The summed E-state index contributed by atoms with van der Waals surface area (Å²) in [5.41, 5.74) is 7.38. The van der Waals surface area contributed by atoms with Gasteiger partial charge in [0.2, 0.25) is 0 Å². The smallest absolute Gasteiger partial charge is 0.276 e. The standard InChI is InChI=1S/C32H41N9O7S3/c1-40(8-4-5-9-40)12-17-14-49-29-21(35-25(42)20(37-48-3)19-16-51-32(33)34-19)27(44)38(29)23(17)26(43)36-22-28(45)39-24(31(46)47)18(15-50-30(22)39)13-41(2)10-6-7-11-41/h16,21-22,29-30H,4-15H2,1-3H3,(H3-2,33,34,35,36,42,43,46,47)/p+1/b37-20-/t21-,22-,29-,30-/m1/s1. The lowest BCUT2D eigenvalue weighted by Gasteiger charge is -2.53. The van der Waals surface area contributed by atoms with E-state index in [1.165, 1.54) is 40.4 Å². The highest BCUT2D eigenvalue weighted by molar-refractivity contribution is 8.00. The van der Waals surface area contributed by atoms with Crippen LogP contribution in [0.15, 0.2) is 33.1 Å². The number of aliphatic carboxylic acids is 1. The fraction of sp³-hybridized carbons (Fsp3) is 0.594. The molecule has 0 aliphatic carbocycles. The minimum absolute atomic E-state index is 0.0887. The monoisotopic (exact) mass is 760 g/mol. The molecule has 0 radical (unpaired) electrons. The van der Waals surface area contributed by atoms with Gasteiger partial charge in [-0.2, -0.15) is 0 Å². The van der Waals surface area contributed by atoms with Crippen LogP contribution in [-0.4, -0.2) is 154 Å². The van der Waals surface area contributed by atoms with Crippen LogP contribution >= 0.6 is 34.9 Å². The highest BCUT2D eigenvalue weighted by atomic mass is 32.2. The molecule has 4 saturated heterocycles. The predicted molar refractivity (Wildman–Crippen MR) is 189 cm³/mol. The van der Waals surface area contributed by atoms with Gasteiger partial charge >= 0.3 is 0 Å². The lowest BCUT2D eigenvalue weighted by Crippen LogP contribution is -2.74. The molecule has 4 N–H and O–H groups in total. The Morgan fingerprint density at radius 1 is 0.922 bits per heavy atom. The van der Waals surface area contributed by atoms with Crippen molar-refractivity contribution in [3.05, 3.63) is 33.6 Å². The number of likely N-dealkylation sites (N-methyl/N-ethyl adjacent to an activating group) is 2. The average molecular weight is 761 g/mol. The van der Waals surface area contributed by atoms with E-state index in [9.17, 15) is 29.1 Å². The quantitative estimate of drug-likeness (QED) is 0.104. The Bertz CT molecular complexity index is 1760. The lowest BCUT2D eigenvalue weighted by molar-refractivity contribution is -0.893. The zero-order valence-corrected chi connectivity index (χ0v) is 31.2. The minimum Gasteiger partial charge on any atom is -0.543 e. The molecular weight excluding hydrogens is 719 g/mol. The number of aromatic nitrogens is 1. The third-order valence-corrected chi connectivity index (χ3v) is 14.0. The fourth-order valence-corrected chi connectivity index (χ4v) is 11.4. The largest absolute Gasteiger partial charge is 0.543 e. The van der Waals surface area contributed by atoms with Crippen LogP contribution < -0.4 is 21.5 Å². The SMILES string of the molecule is CO/N=C(\C(=O)N[C@@H]1C(=O)N2C(C(=O)N[C@@H]3C(=O)N4C(C(=O)[O-])=C(C[N+]5(C)CCCC5)CS[C@H]34)=C(C[N+]3(C)CCCC3)CS[C@H]12)c1csc(N)n1. The Kier molecular flexibility index (Phi) is 9.62. The Morgan fingerprint density at radius 3 is 1.92 bits per heavy atom. The van der Waals surface area contributed by atoms with Crippen molar-refractivity contribution in [2.24, 2.45) is 5.16 Å². The molecule has 0 aromatic carbocycles. The third kappa shape index (κ3) is 6.51. The molecule has 16 nitrogen and oxygen atoms in total. The van der Waals surface area contributed by atoms with Crippen LogP contribution in [0.2, 0.25) is 0 Å². The van der Waals surface area contributed by atoms with Gasteiger partial charge in [-0.3, -0.25) is 29.0 Å². The van der Waals surface area contributed by atoms with E-state index in [1.54, 1.807) is 5.38 Å². The van der Waals surface area contributed by atoms with Crippen LogP contribution in [0.3, 0.4) is 0 Å². The number of rotatable bonds is 11. The molecule has 7 rings (SSSR count). The number of carboxylic acids is 1. The molecule has 1 aromatic rings. The van der Waals surface area contributed by atoms with Crippen molar-refractivity contribution in [3.63, 3.8) is 0 Å². The summed E-state index contributed by atoms with van der Waals surface area (Å²) in [6.07, 6.45) is 4.27.